The SMILES string of the molecule is CCCCCCC(O)C[N+](C)(C)CC(=O)O. The summed E-state index contributed by atoms with van der Waals surface area (Å²) in [5, 5.41) is 18.5. The van der Waals surface area contributed by atoms with Gasteiger partial charge in [-0.1, -0.05) is 32.6 Å². The number of hydrogen-bond donors (Lipinski definition) is 2. The Morgan fingerprint density at radius 3 is 2.38 bits per heavy atom. The van der Waals surface area contributed by atoms with Gasteiger partial charge in [0.15, 0.2) is 6.54 Å². The maximum absolute atomic E-state index is 10.6. The van der Waals surface area contributed by atoms with Crippen molar-refractivity contribution >= 4 is 5.97 Å². The summed E-state index contributed by atoms with van der Waals surface area (Å²) < 4.78 is 0.338. The molecule has 16 heavy (non-hydrogen) atoms. The molecule has 1 unspecified atom stereocenters. The summed E-state index contributed by atoms with van der Waals surface area (Å²) in [6.45, 7) is 2.73. The van der Waals surface area contributed by atoms with Gasteiger partial charge in [-0.15, -0.1) is 0 Å². The monoisotopic (exact) mass is 232 g/mol. The van der Waals surface area contributed by atoms with Crippen molar-refractivity contribution in [2.45, 2.75) is 45.1 Å². The zero-order valence-electron chi connectivity index (χ0n) is 10.8. The van der Waals surface area contributed by atoms with Crippen LogP contribution in [-0.2, 0) is 4.79 Å². The molecule has 96 valence electrons. The maximum Gasteiger partial charge on any atom is 0.359 e. The Morgan fingerprint density at radius 2 is 1.88 bits per heavy atom. The van der Waals surface area contributed by atoms with Crippen LogP contribution in [0.4, 0.5) is 0 Å². The van der Waals surface area contributed by atoms with Gasteiger partial charge in [-0.3, -0.25) is 0 Å². The van der Waals surface area contributed by atoms with Crippen molar-refractivity contribution in [3.8, 4) is 0 Å². The molecule has 0 aromatic carbocycles. The minimum Gasteiger partial charge on any atom is -0.477 e. The van der Waals surface area contributed by atoms with Gasteiger partial charge in [-0.05, 0) is 6.42 Å². The van der Waals surface area contributed by atoms with Gasteiger partial charge >= 0.3 is 5.97 Å². The maximum atomic E-state index is 10.6. The molecule has 4 nitrogen and oxygen atoms in total. The molecule has 0 rings (SSSR count). The lowest BCUT2D eigenvalue weighted by atomic mass is 10.1. The van der Waals surface area contributed by atoms with E-state index in [0.29, 0.717) is 11.0 Å². The number of aliphatic hydroxyl groups excluding tert-OH is 1. The number of carboxylic acid groups (broad SMARTS) is 1. The summed E-state index contributed by atoms with van der Waals surface area (Å²) in [5.74, 6) is -0.816. The van der Waals surface area contributed by atoms with Crippen LogP contribution in [-0.4, -0.2) is 54.0 Å². The lowest BCUT2D eigenvalue weighted by Gasteiger charge is -2.30. The van der Waals surface area contributed by atoms with Crippen LogP contribution in [0, 0.1) is 0 Å². The number of hydrogen-bond acceptors (Lipinski definition) is 2. The second kappa shape index (κ2) is 7.63. The lowest BCUT2D eigenvalue weighted by Crippen LogP contribution is -2.48. The molecular formula is C12H26NO3+. The first-order chi connectivity index (χ1) is 7.37. The van der Waals surface area contributed by atoms with Gasteiger partial charge in [0.2, 0.25) is 0 Å². The Morgan fingerprint density at radius 1 is 1.25 bits per heavy atom. The Balaban J connectivity index is 3.75. The van der Waals surface area contributed by atoms with Crippen molar-refractivity contribution in [2.24, 2.45) is 0 Å². The molecule has 0 fully saturated rings. The first-order valence-electron chi connectivity index (χ1n) is 6.09. The fourth-order valence-corrected chi connectivity index (χ4v) is 1.90. The van der Waals surface area contributed by atoms with E-state index in [1.165, 1.54) is 12.8 Å². The van der Waals surface area contributed by atoms with Crippen molar-refractivity contribution in [3.05, 3.63) is 0 Å². The first-order valence-corrected chi connectivity index (χ1v) is 6.09. The van der Waals surface area contributed by atoms with Crippen molar-refractivity contribution in [1.82, 2.24) is 0 Å². The summed E-state index contributed by atoms with van der Waals surface area (Å²) in [5.41, 5.74) is 0. The van der Waals surface area contributed by atoms with Gasteiger partial charge in [-0.2, -0.15) is 0 Å². The molecule has 0 amide bonds. The quantitative estimate of drug-likeness (QED) is 0.467. The molecule has 0 aromatic rings. The third-order valence-corrected chi connectivity index (χ3v) is 2.66. The van der Waals surface area contributed by atoms with Crippen LogP contribution in [0.3, 0.4) is 0 Å². The molecule has 0 saturated carbocycles. The standard InChI is InChI=1S/C12H25NO3/c1-4-5-6-7-8-11(14)9-13(2,3)10-12(15)16/h11,14H,4-10H2,1-3H3/p+1. The highest BCUT2D eigenvalue weighted by molar-refractivity contribution is 5.67. The number of aliphatic hydroxyl groups is 1. The van der Waals surface area contributed by atoms with Crippen LogP contribution in [0.2, 0.25) is 0 Å². The van der Waals surface area contributed by atoms with Crippen molar-refractivity contribution in [3.63, 3.8) is 0 Å². The third kappa shape index (κ3) is 8.68. The molecule has 1 atom stereocenters. The van der Waals surface area contributed by atoms with Crippen LogP contribution in [0.25, 0.3) is 0 Å². The fraction of sp³-hybridized carbons (Fsp3) is 0.917. The predicted octanol–water partition coefficient (Wildman–Crippen LogP) is 1.48. The highest BCUT2D eigenvalue weighted by Gasteiger charge is 2.23. The van der Waals surface area contributed by atoms with E-state index in [0.717, 1.165) is 19.3 Å². The zero-order chi connectivity index (χ0) is 12.6. The Labute approximate surface area is 98.5 Å². The number of likely N-dealkylation sites (N-methyl/N-ethyl adjacent to an activating group) is 1. The van der Waals surface area contributed by atoms with Crippen LogP contribution in [0.5, 0.6) is 0 Å². The van der Waals surface area contributed by atoms with Crippen molar-refractivity contribution < 1.29 is 19.5 Å². The van der Waals surface area contributed by atoms with E-state index in [1.807, 2.05) is 14.1 Å². The molecule has 0 aliphatic carbocycles. The molecule has 0 aliphatic heterocycles. The van der Waals surface area contributed by atoms with Gasteiger partial charge in [0.1, 0.15) is 12.6 Å². The van der Waals surface area contributed by atoms with E-state index in [4.69, 9.17) is 5.11 Å². The third-order valence-electron chi connectivity index (χ3n) is 2.66. The summed E-state index contributed by atoms with van der Waals surface area (Å²) in [6, 6.07) is 0. The Hall–Kier alpha value is -0.610. The molecule has 0 bridgehead atoms. The first kappa shape index (κ1) is 15.4. The largest absolute Gasteiger partial charge is 0.477 e. The molecule has 0 aromatic heterocycles. The number of unbranched alkanes of at least 4 members (excludes halogenated alkanes) is 3. The fourth-order valence-electron chi connectivity index (χ4n) is 1.90. The molecule has 0 aliphatic rings. The van der Waals surface area contributed by atoms with Gasteiger partial charge in [-0.25, -0.2) is 4.79 Å². The minimum absolute atomic E-state index is 0.0615. The molecule has 0 radical (unpaired) electrons. The predicted molar refractivity (Wildman–Crippen MR) is 64.2 cm³/mol. The number of carbonyl (C=O) groups is 1. The van der Waals surface area contributed by atoms with E-state index in [1.54, 1.807) is 0 Å². The van der Waals surface area contributed by atoms with E-state index in [2.05, 4.69) is 6.92 Å². The molecule has 2 N–H and O–H groups in total. The summed E-state index contributed by atoms with van der Waals surface area (Å²) >= 11 is 0. The number of carboxylic acids is 1. The highest BCUT2D eigenvalue weighted by atomic mass is 16.4. The van der Waals surface area contributed by atoms with Crippen LogP contribution >= 0.6 is 0 Å². The zero-order valence-corrected chi connectivity index (χ0v) is 10.8. The number of nitrogens with zero attached hydrogens (tertiary/aromatic N) is 1. The van der Waals surface area contributed by atoms with Gasteiger partial charge in [0.25, 0.3) is 0 Å². The summed E-state index contributed by atoms with van der Waals surface area (Å²) in [4.78, 5) is 10.6. The van der Waals surface area contributed by atoms with Gasteiger partial charge in [0.05, 0.1) is 14.1 Å². The van der Waals surface area contributed by atoms with E-state index in [9.17, 15) is 9.90 Å². The van der Waals surface area contributed by atoms with Crippen LogP contribution in [0.1, 0.15) is 39.0 Å². The molecule has 4 heteroatoms. The van der Waals surface area contributed by atoms with Gasteiger partial charge in [0, 0.05) is 0 Å². The minimum atomic E-state index is -0.816. The van der Waals surface area contributed by atoms with Gasteiger partial charge < -0.3 is 14.7 Å². The van der Waals surface area contributed by atoms with Crippen LogP contribution < -0.4 is 0 Å². The lowest BCUT2D eigenvalue weighted by molar-refractivity contribution is -0.886. The number of rotatable bonds is 9. The molecule has 0 saturated heterocycles. The topological polar surface area (TPSA) is 57.5 Å². The average molecular weight is 232 g/mol. The normalized spacial score (nSPS) is 13.8. The number of quaternary nitrogens is 1. The molecular weight excluding hydrogens is 206 g/mol. The highest BCUT2D eigenvalue weighted by Crippen LogP contribution is 2.08. The van der Waals surface area contributed by atoms with Crippen molar-refractivity contribution in [1.29, 1.82) is 0 Å². The second-order valence-electron chi connectivity index (χ2n) is 5.17. The van der Waals surface area contributed by atoms with Crippen molar-refractivity contribution in [2.75, 3.05) is 27.2 Å². The molecule has 0 spiro atoms. The van der Waals surface area contributed by atoms with E-state index < -0.39 is 5.97 Å². The van der Waals surface area contributed by atoms with Crippen LogP contribution in [0.15, 0.2) is 0 Å². The Bertz CT molecular complexity index is 204. The average Bonchev–Trinajstić information content (AvgIpc) is 2.09. The van der Waals surface area contributed by atoms with E-state index in [-0.39, 0.29) is 12.6 Å². The second-order valence-corrected chi connectivity index (χ2v) is 5.17. The Kier molecular flexibility index (Phi) is 7.34. The smallest absolute Gasteiger partial charge is 0.359 e. The summed E-state index contributed by atoms with van der Waals surface area (Å²) in [6.07, 6.45) is 4.98. The van der Waals surface area contributed by atoms with E-state index >= 15 is 0 Å². The molecule has 0 heterocycles. The summed E-state index contributed by atoms with van der Waals surface area (Å²) in [7, 11) is 3.67. The number of aliphatic carboxylic acids is 1.